The molecule has 0 fully saturated rings. The molecule has 0 saturated carbocycles. The van der Waals surface area contributed by atoms with Crippen LogP contribution < -0.4 is 0 Å². The summed E-state index contributed by atoms with van der Waals surface area (Å²) in [7, 11) is 0. The van der Waals surface area contributed by atoms with E-state index in [0.29, 0.717) is 17.5 Å². The molecule has 0 saturated heterocycles. The second-order valence-electron chi connectivity index (χ2n) is 12.8. The van der Waals surface area contributed by atoms with Gasteiger partial charge in [0.15, 0.2) is 17.5 Å². The molecule has 0 bridgehead atoms. The van der Waals surface area contributed by atoms with E-state index in [2.05, 4.69) is 84.9 Å². The number of thiophene rings is 1. The van der Waals surface area contributed by atoms with Gasteiger partial charge in [0.25, 0.3) is 0 Å². The molecule has 51 heavy (non-hydrogen) atoms. The van der Waals surface area contributed by atoms with Crippen LogP contribution in [-0.2, 0) is 0 Å². The molecule has 0 aliphatic carbocycles. The van der Waals surface area contributed by atoms with E-state index in [1.165, 1.54) is 25.7 Å². The zero-order chi connectivity index (χ0) is 33.5. The zero-order valence-corrected chi connectivity index (χ0v) is 27.8. The van der Waals surface area contributed by atoms with Crippen LogP contribution in [0.2, 0.25) is 0 Å². The number of hydrogen-bond donors (Lipinski definition) is 0. The van der Waals surface area contributed by atoms with Gasteiger partial charge in [0.2, 0.25) is 0 Å². The molecule has 4 aromatic heterocycles. The van der Waals surface area contributed by atoms with Gasteiger partial charge in [-0.2, -0.15) is 0 Å². The summed E-state index contributed by atoms with van der Waals surface area (Å²) in [5, 5.41) is 6.79. The fourth-order valence-corrected chi connectivity index (χ4v) is 8.50. The third-order valence-corrected chi connectivity index (χ3v) is 10.9. The number of furan rings is 2. The summed E-state index contributed by atoms with van der Waals surface area (Å²) < 4.78 is 15.5. The first-order valence-electron chi connectivity index (χ1n) is 16.8. The third-order valence-electron chi connectivity index (χ3n) is 9.76. The van der Waals surface area contributed by atoms with Gasteiger partial charge in [-0.05, 0) is 59.7 Å². The topological polar surface area (TPSA) is 65.0 Å². The molecule has 5 nitrogen and oxygen atoms in total. The van der Waals surface area contributed by atoms with Gasteiger partial charge >= 0.3 is 0 Å². The standard InChI is InChI=1S/C45H25N3O2S/c1-2-10-26(11-3-1)43-46-44(48-45(47-43)34-16-8-15-32-30-12-4-6-17-36(30)50-42(32)34)28-20-22-31-35-24-27(21-23-37(35)49-38(31)25-28)29-14-9-19-40-41(29)33-13-5-7-18-39(33)51-40/h1-25H. The van der Waals surface area contributed by atoms with E-state index >= 15 is 0 Å². The second kappa shape index (κ2) is 10.9. The Morgan fingerprint density at radius 1 is 0.373 bits per heavy atom. The molecule has 0 atom stereocenters. The van der Waals surface area contributed by atoms with Crippen molar-refractivity contribution in [1.82, 2.24) is 15.0 Å². The minimum atomic E-state index is 0.549. The van der Waals surface area contributed by atoms with Crippen LogP contribution in [0.1, 0.15) is 0 Å². The molecule has 11 aromatic rings. The van der Waals surface area contributed by atoms with Crippen LogP contribution in [0.15, 0.2) is 160 Å². The highest BCUT2D eigenvalue weighted by molar-refractivity contribution is 7.25. The summed E-state index contributed by atoms with van der Waals surface area (Å²) in [6.45, 7) is 0. The molecule has 238 valence electrons. The first kappa shape index (κ1) is 28.2. The summed E-state index contributed by atoms with van der Waals surface area (Å²) >= 11 is 1.84. The van der Waals surface area contributed by atoms with E-state index in [-0.39, 0.29) is 0 Å². The van der Waals surface area contributed by atoms with Gasteiger partial charge in [-0.1, -0.05) is 103 Å². The van der Waals surface area contributed by atoms with E-state index in [9.17, 15) is 0 Å². The minimum Gasteiger partial charge on any atom is -0.456 e. The highest BCUT2D eigenvalue weighted by Crippen LogP contribution is 2.42. The molecule has 0 radical (unpaired) electrons. The van der Waals surface area contributed by atoms with Gasteiger partial charge in [0.05, 0.1) is 5.56 Å². The maximum Gasteiger partial charge on any atom is 0.167 e. The monoisotopic (exact) mass is 671 g/mol. The van der Waals surface area contributed by atoms with Crippen LogP contribution in [0.5, 0.6) is 0 Å². The fourth-order valence-electron chi connectivity index (χ4n) is 7.36. The Kier molecular flexibility index (Phi) is 6.05. The summed E-state index contributed by atoms with van der Waals surface area (Å²) in [6.07, 6.45) is 0. The van der Waals surface area contributed by atoms with Gasteiger partial charge in [0.1, 0.15) is 22.3 Å². The summed E-state index contributed by atoms with van der Waals surface area (Å²) in [4.78, 5) is 15.0. The van der Waals surface area contributed by atoms with Gasteiger partial charge in [-0.25, -0.2) is 15.0 Å². The maximum absolute atomic E-state index is 6.49. The highest BCUT2D eigenvalue weighted by atomic mass is 32.1. The summed E-state index contributed by atoms with van der Waals surface area (Å²) in [5.74, 6) is 1.70. The van der Waals surface area contributed by atoms with Crippen molar-refractivity contribution in [3.05, 3.63) is 152 Å². The second-order valence-corrected chi connectivity index (χ2v) is 13.8. The van der Waals surface area contributed by atoms with Crippen LogP contribution in [0.4, 0.5) is 0 Å². The molecule has 11 rings (SSSR count). The van der Waals surface area contributed by atoms with Crippen molar-refractivity contribution >= 4 is 75.4 Å². The van der Waals surface area contributed by atoms with Crippen LogP contribution in [0.25, 0.3) is 109 Å². The third kappa shape index (κ3) is 4.43. The van der Waals surface area contributed by atoms with Crippen LogP contribution in [-0.4, -0.2) is 15.0 Å². The number of nitrogens with zero attached hydrogens (tertiary/aromatic N) is 3. The van der Waals surface area contributed by atoms with Crippen molar-refractivity contribution in [1.29, 1.82) is 0 Å². The van der Waals surface area contributed by atoms with E-state index in [1.807, 2.05) is 78.1 Å². The Labute approximate surface area is 295 Å². The lowest BCUT2D eigenvalue weighted by Crippen LogP contribution is -2.00. The number of rotatable bonds is 4. The van der Waals surface area contributed by atoms with Gasteiger partial charge in [-0.3, -0.25) is 0 Å². The van der Waals surface area contributed by atoms with Crippen molar-refractivity contribution in [2.24, 2.45) is 0 Å². The number of hydrogen-bond acceptors (Lipinski definition) is 6. The Morgan fingerprint density at radius 2 is 1.04 bits per heavy atom. The molecule has 0 amide bonds. The molecule has 6 heteroatoms. The SMILES string of the molecule is c1ccc(-c2nc(-c3ccc4c(c3)oc3ccc(-c5cccc6sc7ccccc7c56)cc34)nc(-c3cccc4c3oc3ccccc34)n2)cc1. The van der Waals surface area contributed by atoms with Crippen molar-refractivity contribution in [3.8, 4) is 45.3 Å². The van der Waals surface area contributed by atoms with Gasteiger partial charge in [-0.15, -0.1) is 11.3 Å². The highest BCUT2D eigenvalue weighted by Gasteiger charge is 2.19. The van der Waals surface area contributed by atoms with Crippen LogP contribution in [0.3, 0.4) is 0 Å². The van der Waals surface area contributed by atoms with Gasteiger partial charge < -0.3 is 8.83 Å². The Morgan fingerprint density at radius 3 is 1.96 bits per heavy atom. The lowest BCUT2D eigenvalue weighted by molar-refractivity contribution is 0.668. The van der Waals surface area contributed by atoms with Crippen molar-refractivity contribution < 1.29 is 8.83 Å². The molecule has 0 unspecified atom stereocenters. The lowest BCUT2D eigenvalue weighted by atomic mass is 9.98. The lowest BCUT2D eigenvalue weighted by Gasteiger charge is -2.09. The average Bonchev–Trinajstić information content (AvgIpc) is 3.88. The van der Waals surface area contributed by atoms with Gasteiger partial charge in [0, 0.05) is 52.8 Å². The Balaban J connectivity index is 1.07. The molecule has 0 spiro atoms. The van der Waals surface area contributed by atoms with E-state index in [4.69, 9.17) is 23.8 Å². The molecule has 0 aliphatic heterocycles. The number of aromatic nitrogens is 3. The molecule has 7 aromatic carbocycles. The number of benzene rings is 7. The van der Waals surface area contributed by atoms with E-state index in [1.54, 1.807) is 0 Å². The van der Waals surface area contributed by atoms with E-state index < -0.39 is 0 Å². The number of fused-ring (bicyclic) bond motifs is 9. The molecule has 4 heterocycles. The predicted octanol–water partition coefficient (Wildman–Crippen LogP) is 12.7. The molecular weight excluding hydrogens is 647 g/mol. The first-order chi connectivity index (χ1) is 25.2. The quantitative estimate of drug-likeness (QED) is 0.186. The summed E-state index contributed by atoms with van der Waals surface area (Å²) in [5.41, 5.74) is 8.16. The van der Waals surface area contributed by atoms with Crippen LogP contribution >= 0.6 is 11.3 Å². The first-order valence-corrected chi connectivity index (χ1v) is 17.7. The van der Waals surface area contributed by atoms with Crippen molar-refractivity contribution in [2.75, 3.05) is 0 Å². The zero-order valence-electron chi connectivity index (χ0n) is 27.0. The minimum absolute atomic E-state index is 0.549. The van der Waals surface area contributed by atoms with E-state index in [0.717, 1.165) is 66.1 Å². The smallest absolute Gasteiger partial charge is 0.167 e. The van der Waals surface area contributed by atoms with Crippen LogP contribution in [0, 0.1) is 0 Å². The Hall–Kier alpha value is -6.63. The average molecular weight is 672 g/mol. The normalized spacial score (nSPS) is 11.9. The molecular formula is C45H25N3O2S. The summed E-state index contributed by atoms with van der Waals surface area (Å²) in [6, 6.07) is 52.2. The Bertz CT molecular complexity index is 3160. The predicted molar refractivity (Wildman–Crippen MR) is 209 cm³/mol. The fraction of sp³-hybridized carbons (Fsp3) is 0. The van der Waals surface area contributed by atoms with Crippen molar-refractivity contribution in [3.63, 3.8) is 0 Å². The number of para-hydroxylation sites is 2. The molecule has 0 N–H and O–H groups in total. The maximum atomic E-state index is 6.49. The largest absolute Gasteiger partial charge is 0.456 e. The van der Waals surface area contributed by atoms with Crippen molar-refractivity contribution in [2.45, 2.75) is 0 Å². The molecule has 0 aliphatic rings.